The second-order valence-electron chi connectivity index (χ2n) is 6.90. The van der Waals surface area contributed by atoms with Gasteiger partial charge < -0.3 is 19.9 Å². The van der Waals surface area contributed by atoms with E-state index in [4.69, 9.17) is 16.3 Å². The van der Waals surface area contributed by atoms with E-state index in [9.17, 15) is 4.79 Å². The average molecular weight is 428 g/mol. The number of benzene rings is 1. The van der Waals surface area contributed by atoms with E-state index in [-0.39, 0.29) is 6.03 Å². The van der Waals surface area contributed by atoms with Crippen LogP contribution in [0.5, 0.6) is 5.75 Å². The van der Waals surface area contributed by atoms with Crippen LogP contribution in [0.2, 0.25) is 5.02 Å². The molecule has 1 saturated heterocycles. The number of aromatic nitrogens is 4. The van der Waals surface area contributed by atoms with Gasteiger partial charge in [0.05, 0.1) is 18.5 Å². The van der Waals surface area contributed by atoms with Gasteiger partial charge in [0.15, 0.2) is 11.6 Å². The first-order valence-electron chi connectivity index (χ1n) is 9.54. The number of rotatable bonds is 4. The molecule has 10 heteroatoms. The predicted octanol–water partition coefficient (Wildman–Crippen LogP) is 2.99. The Morgan fingerprint density at radius 2 is 1.80 bits per heavy atom. The van der Waals surface area contributed by atoms with Crippen LogP contribution in [0.4, 0.5) is 16.3 Å². The van der Waals surface area contributed by atoms with Crippen LogP contribution in [0.1, 0.15) is 5.69 Å². The Balaban J connectivity index is 1.35. The van der Waals surface area contributed by atoms with Gasteiger partial charge in [0.2, 0.25) is 0 Å². The fraction of sp³-hybridized carbons (Fsp3) is 0.300. The summed E-state index contributed by atoms with van der Waals surface area (Å²) in [5.74, 6) is 2.01. The van der Waals surface area contributed by atoms with Crippen molar-refractivity contribution in [2.45, 2.75) is 6.92 Å². The van der Waals surface area contributed by atoms with Gasteiger partial charge >= 0.3 is 6.03 Å². The van der Waals surface area contributed by atoms with Crippen LogP contribution >= 0.6 is 11.6 Å². The van der Waals surface area contributed by atoms with Crippen LogP contribution in [-0.4, -0.2) is 64.2 Å². The molecule has 2 amide bonds. The summed E-state index contributed by atoms with van der Waals surface area (Å²) in [6.45, 7) is 4.38. The number of carbonyl (C=O) groups is 1. The Morgan fingerprint density at radius 1 is 1.07 bits per heavy atom. The first kappa shape index (κ1) is 20.0. The van der Waals surface area contributed by atoms with Gasteiger partial charge in [-0.05, 0) is 43.3 Å². The minimum atomic E-state index is -0.189. The Hall–Kier alpha value is -3.33. The molecule has 0 saturated carbocycles. The van der Waals surface area contributed by atoms with Gasteiger partial charge in [0.25, 0.3) is 0 Å². The highest BCUT2D eigenvalue weighted by Gasteiger charge is 2.23. The molecule has 3 aromatic rings. The second kappa shape index (κ2) is 8.58. The fourth-order valence-corrected chi connectivity index (χ4v) is 3.43. The Morgan fingerprint density at radius 3 is 2.43 bits per heavy atom. The van der Waals surface area contributed by atoms with Crippen LogP contribution in [0.3, 0.4) is 0 Å². The third kappa shape index (κ3) is 4.30. The smallest absolute Gasteiger partial charge is 0.322 e. The highest BCUT2D eigenvalue weighted by Crippen LogP contribution is 2.28. The summed E-state index contributed by atoms with van der Waals surface area (Å²) in [5, 5.41) is 16.3. The van der Waals surface area contributed by atoms with Crippen LogP contribution in [0.15, 0.2) is 42.6 Å². The monoisotopic (exact) mass is 427 g/mol. The first-order valence-corrected chi connectivity index (χ1v) is 9.92. The number of methoxy groups -OCH3 is 1. The zero-order valence-electron chi connectivity index (χ0n) is 16.7. The molecule has 30 heavy (non-hydrogen) atoms. The number of halogens is 1. The Bertz CT molecular complexity index is 1030. The maximum atomic E-state index is 12.7. The van der Waals surface area contributed by atoms with Crippen molar-refractivity contribution in [1.29, 1.82) is 0 Å². The van der Waals surface area contributed by atoms with Gasteiger partial charge in [-0.2, -0.15) is 5.10 Å². The SMILES string of the molecule is COc1ccc(Cl)cc1NC(=O)N1CCN(c2ccc(-n3ccc(C)n3)nn2)CC1. The van der Waals surface area contributed by atoms with E-state index in [1.807, 2.05) is 31.3 Å². The molecule has 0 unspecified atom stereocenters. The molecule has 0 spiro atoms. The summed E-state index contributed by atoms with van der Waals surface area (Å²) in [5.41, 5.74) is 1.47. The lowest BCUT2D eigenvalue weighted by Gasteiger charge is -2.35. The summed E-state index contributed by atoms with van der Waals surface area (Å²) in [7, 11) is 1.55. The molecule has 9 nitrogen and oxygen atoms in total. The lowest BCUT2D eigenvalue weighted by molar-refractivity contribution is 0.208. The van der Waals surface area contributed by atoms with Crippen molar-refractivity contribution in [2.24, 2.45) is 0 Å². The Kier molecular flexibility index (Phi) is 5.71. The molecule has 1 N–H and O–H groups in total. The minimum absolute atomic E-state index is 0.189. The van der Waals surface area contributed by atoms with E-state index in [1.165, 1.54) is 0 Å². The summed E-state index contributed by atoms with van der Waals surface area (Å²) in [4.78, 5) is 16.5. The number of nitrogens with zero attached hydrogens (tertiary/aromatic N) is 6. The predicted molar refractivity (Wildman–Crippen MR) is 115 cm³/mol. The van der Waals surface area contributed by atoms with Crippen LogP contribution < -0.4 is 15.0 Å². The van der Waals surface area contributed by atoms with Crippen LogP contribution in [-0.2, 0) is 0 Å². The van der Waals surface area contributed by atoms with E-state index in [0.29, 0.717) is 48.5 Å². The molecule has 0 radical (unpaired) electrons. The van der Waals surface area contributed by atoms with Crippen molar-refractivity contribution in [1.82, 2.24) is 24.9 Å². The van der Waals surface area contributed by atoms with Gasteiger partial charge in [-0.3, -0.25) is 0 Å². The van der Waals surface area contributed by atoms with Crippen molar-refractivity contribution in [3.8, 4) is 11.6 Å². The normalized spacial score (nSPS) is 14.0. The van der Waals surface area contributed by atoms with Gasteiger partial charge in [-0.15, -0.1) is 10.2 Å². The molecule has 2 aromatic heterocycles. The lowest BCUT2D eigenvalue weighted by atomic mass is 10.3. The number of aryl methyl sites for hydroxylation is 1. The number of nitrogens with one attached hydrogen (secondary N) is 1. The molecular weight excluding hydrogens is 406 g/mol. The number of piperazine rings is 1. The number of anilines is 2. The molecule has 1 aromatic carbocycles. The first-order chi connectivity index (χ1) is 14.5. The number of ether oxygens (including phenoxy) is 1. The number of carbonyl (C=O) groups excluding carboxylic acids is 1. The molecule has 4 rings (SSSR count). The molecule has 0 atom stereocenters. The third-order valence-corrected chi connectivity index (χ3v) is 5.12. The van der Waals surface area contributed by atoms with Gasteiger partial charge in [-0.1, -0.05) is 11.6 Å². The molecule has 156 valence electrons. The van der Waals surface area contributed by atoms with E-state index in [2.05, 4.69) is 25.5 Å². The number of hydrogen-bond donors (Lipinski definition) is 1. The maximum absolute atomic E-state index is 12.7. The molecule has 1 aliphatic rings. The largest absolute Gasteiger partial charge is 0.495 e. The zero-order valence-corrected chi connectivity index (χ0v) is 17.5. The van der Waals surface area contributed by atoms with E-state index in [1.54, 1.807) is 34.9 Å². The molecule has 1 fully saturated rings. The van der Waals surface area contributed by atoms with Gasteiger partial charge in [0.1, 0.15) is 5.75 Å². The summed E-state index contributed by atoms with van der Waals surface area (Å²) in [6.07, 6.45) is 1.85. The third-order valence-electron chi connectivity index (χ3n) is 4.89. The van der Waals surface area contributed by atoms with Gasteiger partial charge in [0, 0.05) is 37.4 Å². The van der Waals surface area contributed by atoms with Crippen LogP contribution in [0, 0.1) is 6.92 Å². The summed E-state index contributed by atoms with van der Waals surface area (Å²) >= 11 is 6.04. The highest BCUT2D eigenvalue weighted by atomic mass is 35.5. The van der Waals surface area contributed by atoms with E-state index in [0.717, 1.165) is 11.5 Å². The zero-order chi connectivity index (χ0) is 21.1. The molecule has 0 bridgehead atoms. The van der Waals surface area contributed by atoms with E-state index < -0.39 is 0 Å². The maximum Gasteiger partial charge on any atom is 0.322 e. The highest BCUT2D eigenvalue weighted by molar-refractivity contribution is 6.31. The lowest BCUT2D eigenvalue weighted by Crippen LogP contribution is -2.50. The molecular formula is C20H22ClN7O2. The minimum Gasteiger partial charge on any atom is -0.495 e. The number of urea groups is 1. The second-order valence-corrected chi connectivity index (χ2v) is 7.34. The van der Waals surface area contributed by atoms with Crippen molar-refractivity contribution < 1.29 is 9.53 Å². The van der Waals surface area contributed by atoms with E-state index >= 15 is 0 Å². The number of amides is 2. The van der Waals surface area contributed by atoms with Gasteiger partial charge in [-0.25, -0.2) is 9.48 Å². The molecule has 0 aliphatic carbocycles. The standard InChI is InChI=1S/C20H22ClN7O2/c1-14-7-8-28(25-14)19-6-5-18(23-24-19)26-9-11-27(12-10-26)20(29)22-16-13-15(21)3-4-17(16)30-2/h3-8,13H,9-12H2,1-2H3,(H,22,29). The van der Waals surface area contributed by atoms with Crippen molar-refractivity contribution in [3.05, 3.63) is 53.3 Å². The molecule has 1 aliphatic heterocycles. The van der Waals surface area contributed by atoms with Crippen molar-refractivity contribution >= 4 is 29.1 Å². The summed E-state index contributed by atoms with van der Waals surface area (Å²) < 4.78 is 6.98. The molecule has 3 heterocycles. The fourth-order valence-electron chi connectivity index (χ4n) is 3.26. The quantitative estimate of drug-likeness (QED) is 0.688. The average Bonchev–Trinajstić information content (AvgIpc) is 3.20. The van der Waals surface area contributed by atoms with Crippen molar-refractivity contribution in [2.75, 3.05) is 43.5 Å². The van der Waals surface area contributed by atoms with Crippen LogP contribution in [0.25, 0.3) is 5.82 Å². The number of hydrogen-bond acceptors (Lipinski definition) is 6. The summed E-state index contributed by atoms with van der Waals surface area (Å²) in [6, 6.07) is 10.7. The topological polar surface area (TPSA) is 88.4 Å². The van der Waals surface area contributed by atoms with Crippen molar-refractivity contribution in [3.63, 3.8) is 0 Å². The Labute approximate surface area is 179 Å².